The van der Waals surface area contributed by atoms with E-state index in [2.05, 4.69) is 10.4 Å². The Bertz CT molecular complexity index is 869. The second-order valence-corrected chi connectivity index (χ2v) is 5.76. The van der Waals surface area contributed by atoms with Crippen LogP contribution in [0.2, 0.25) is 0 Å². The van der Waals surface area contributed by atoms with E-state index in [1.54, 1.807) is 18.2 Å². The van der Waals surface area contributed by atoms with Gasteiger partial charge in [-0.3, -0.25) is 19.7 Å². The zero-order valence-electron chi connectivity index (χ0n) is 11.9. The van der Waals surface area contributed by atoms with Crippen LogP contribution in [0.3, 0.4) is 0 Å². The Morgan fingerprint density at radius 1 is 1.35 bits per heavy atom. The first-order valence-corrected chi connectivity index (χ1v) is 7.41. The van der Waals surface area contributed by atoms with Crippen LogP contribution in [0.15, 0.2) is 35.4 Å². The van der Waals surface area contributed by atoms with Gasteiger partial charge in [0.15, 0.2) is 0 Å². The third-order valence-corrected chi connectivity index (χ3v) is 3.99. The summed E-state index contributed by atoms with van der Waals surface area (Å²) in [6.45, 7) is 1.34. The van der Waals surface area contributed by atoms with E-state index in [1.807, 2.05) is 0 Å². The Hall–Kier alpha value is -2.87. The number of phenols is 1. The molecule has 1 aliphatic rings. The molecule has 0 bridgehead atoms. The van der Waals surface area contributed by atoms with Crippen LogP contribution in [0.5, 0.6) is 5.75 Å². The first kappa shape index (κ1) is 15.0. The van der Waals surface area contributed by atoms with Crippen molar-refractivity contribution in [2.75, 3.05) is 0 Å². The Morgan fingerprint density at radius 2 is 2.09 bits per heavy atom. The maximum Gasteiger partial charge on any atom is 0.290 e. The van der Waals surface area contributed by atoms with Gasteiger partial charge in [0.25, 0.3) is 11.1 Å². The van der Waals surface area contributed by atoms with Crippen molar-refractivity contribution >= 4 is 34.9 Å². The van der Waals surface area contributed by atoms with Crippen molar-refractivity contribution in [3.05, 3.63) is 40.9 Å². The van der Waals surface area contributed by atoms with Gasteiger partial charge in [-0.25, -0.2) is 0 Å². The number of imide groups is 1. The Kier molecular flexibility index (Phi) is 3.75. The lowest BCUT2D eigenvalue weighted by molar-refractivity contribution is -0.115. The Balaban J connectivity index is 2.18. The van der Waals surface area contributed by atoms with E-state index in [1.165, 1.54) is 25.3 Å². The topological polar surface area (TPSA) is 101 Å². The highest BCUT2D eigenvalue weighted by Crippen LogP contribution is 2.34. The fraction of sp³-hybridized carbons (Fsp3) is 0.0667. The number of carbonyl (C=O) groups is 3. The van der Waals surface area contributed by atoms with Gasteiger partial charge in [-0.05, 0) is 30.0 Å². The molecule has 1 aromatic heterocycles. The zero-order chi connectivity index (χ0) is 16.6. The Labute approximate surface area is 135 Å². The summed E-state index contributed by atoms with van der Waals surface area (Å²) in [6, 6.07) is 6.50. The lowest BCUT2D eigenvalue weighted by Crippen LogP contribution is -2.17. The molecule has 1 saturated heterocycles. The molecule has 0 spiro atoms. The van der Waals surface area contributed by atoms with Crippen molar-refractivity contribution in [1.82, 2.24) is 15.1 Å². The van der Waals surface area contributed by atoms with Gasteiger partial charge >= 0.3 is 0 Å². The molecule has 0 radical (unpaired) electrons. The van der Waals surface area contributed by atoms with E-state index in [0.717, 1.165) is 16.4 Å². The highest BCUT2D eigenvalue weighted by molar-refractivity contribution is 8.18. The van der Waals surface area contributed by atoms with Crippen LogP contribution in [0.25, 0.3) is 17.3 Å². The van der Waals surface area contributed by atoms with E-state index < -0.39 is 11.1 Å². The molecule has 1 fully saturated rings. The minimum atomic E-state index is -0.501. The van der Waals surface area contributed by atoms with Crippen LogP contribution in [-0.2, 0) is 4.79 Å². The molecule has 23 heavy (non-hydrogen) atoms. The maximum absolute atomic E-state index is 11.8. The number of phenolic OH excluding ortho intramolecular Hbond substituents is 1. The molecular weight excluding hydrogens is 318 g/mol. The summed E-state index contributed by atoms with van der Waals surface area (Å²) < 4.78 is 1.14. The van der Waals surface area contributed by atoms with Gasteiger partial charge in [-0.1, -0.05) is 12.1 Å². The normalized spacial score (nSPS) is 16.0. The molecule has 7 nitrogen and oxygen atoms in total. The van der Waals surface area contributed by atoms with Crippen LogP contribution in [-0.4, -0.2) is 31.9 Å². The average molecular weight is 329 g/mol. The lowest BCUT2D eigenvalue weighted by atomic mass is 10.1. The first-order chi connectivity index (χ1) is 11.0. The third-order valence-electron chi connectivity index (χ3n) is 3.18. The molecule has 2 heterocycles. The summed E-state index contributed by atoms with van der Waals surface area (Å²) in [5.41, 5.74) is 1.21. The summed E-state index contributed by atoms with van der Waals surface area (Å²) in [5, 5.41) is 15.8. The quantitative estimate of drug-likeness (QED) is 0.819. The largest absolute Gasteiger partial charge is 0.507 e. The molecule has 1 aliphatic heterocycles. The van der Waals surface area contributed by atoms with Crippen LogP contribution < -0.4 is 5.32 Å². The third kappa shape index (κ3) is 2.76. The van der Waals surface area contributed by atoms with Crippen molar-refractivity contribution in [3.63, 3.8) is 0 Å². The van der Waals surface area contributed by atoms with Gasteiger partial charge in [0.2, 0.25) is 5.91 Å². The van der Waals surface area contributed by atoms with E-state index in [-0.39, 0.29) is 16.6 Å². The monoisotopic (exact) mass is 329 g/mol. The fourth-order valence-corrected chi connectivity index (χ4v) is 2.88. The first-order valence-electron chi connectivity index (χ1n) is 6.59. The van der Waals surface area contributed by atoms with Crippen LogP contribution in [0.4, 0.5) is 4.79 Å². The summed E-state index contributed by atoms with van der Waals surface area (Å²) in [6.07, 6.45) is 2.88. The number of thioether (sulfide) groups is 1. The summed E-state index contributed by atoms with van der Waals surface area (Å²) in [7, 11) is 0. The summed E-state index contributed by atoms with van der Waals surface area (Å²) >= 11 is 0.771. The number of carbonyl (C=O) groups excluding carboxylic acids is 3. The van der Waals surface area contributed by atoms with E-state index in [0.29, 0.717) is 16.8 Å². The average Bonchev–Trinajstić information content (AvgIpc) is 3.04. The molecule has 2 amide bonds. The molecule has 116 valence electrons. The van der Waals surface area contributed by atoms with Crippen LogP contribution in [0, 0.1) is 0 Å². The number of benzene rings is 1. The predicted molar refractivity (Wildman–Crippen MR) is 84.7 cm³/mol. The van der Waals surface area contributed by atoms with Crippen LogP contribution in [0.1, 0.15) is 17.3 Å². The molecular formula is C15H11N3O4S. The molecule has 1 aromatic carbocycles. The SMILES string of the molecule is CC(=O)n1ncc(/C=C2\SC(=O)NC2=O)c1-c1ccccc1O. The summed E-state index contributed by atoms with van der Waals surface area (Å²) in [4.78, 5) is 34.9. The zero-order valence-corrected chi connectivity index (χ0v) is 12.8. The van der Waals surface area contributed by atoms with E-state index in [9.17, 15) is 19.5 Å². The number of aromatic nitrogens is 2. The number of nitrogens with one attached hydrogen (secondary N) is 1. The van der Waals surface area contributed by atoms with Crippen molar-refractivity contribution in [2.45, 2.75) is 6.92 Å². The van der Waals surface area contributed by atoms with Gasteiger partial charge < -0.3 is 5.11 Å². The number of nitrogens with zero attached hydrogens (tertiary/aromatic N) is 2. The molecule has 0 saturated carbocycles. The van der Waals surface area contributed by atoms with Crippen molar-refractivity contribution in [3.8, 4) is 17.0 Å². The summed E-state index contributed by atoms with van der Waals surface area (Å²) in [5.74, 6) is -0.860. The maximum atomic E-state index is 11.8. The second kappa shape index (κ2) is 5.73. The minimum Gasteiger partial charge on any atom is -0.507 e. The highest BCUT2D eigenvalue weighted by atomic mass is 32.2. The van der Waals surface area contributed by atoms with Crippen LogP contribution >= 0.6 is 11.8 Å². The van der Waals surface area contributed by atoms with Gasteiger partial charge in [0, 0.05) is 18.1 Å². The smallest absolute Gasteiger partial charge is 0.290 e. The van der Waals surface area contributed by atoms with Gasteiger partial charge in [-0.15, -0.1) is 0 Å². The van der Waals surface area contributed by atoms with E-state index >= 15 is 0 Å². The molecule has 8 heteroatoms. The molecule has 0 atom stereocenters. The number of hydrogen-bond donors (Lipinski definition) is 2. The molecule has 0 aliphatic carbocycles. The molecule has 3 rings (SSSR count). The molecule has 2 N–H and O–H groups in total. The highest BCUT2D eigenvalue weighted by Gasteiger charge is 2.26. The van der Waals surface area contributed by atoms with Crippen molar-refractivity contribution in [2.24, 2.45) is 0 Å². The minimum absolute atomic E-state index is 0.0187. The second-order valence-electron chi connectivity index (χ2n) is 4.75. The number of para-hydroxylation sites is 1. The van der Waals surface area contributed by atoms with Gasteiger partial charge in [-0.2, -0.15) is 9.78 Å². The lowest BCUT2D eigenvalue weighted by Gasteiger charge is -2.07. The number of aromatic hydroxyl groups is 1. The van der Waals surface area contributed by atoms with E-state index in [4.69, 9.17) is 0 Å². The fourth-order valence-electron chi connectivity index (χ4n) is 2.21. The van der Waals surface area contributed by atoms with Crippen molar-refractivity contribution < 1.29 is 19.5 Å². The van der Waals surface area contributed by atoms with Gasteiger partial charge in [0.1, 0.15) is 5.75 Å². The standard InChI is InChI=1S/C15H11N3O4S/c1-8(19)18-13(10-4-2-3-5-11(10)20)9(7-16-18)6-12-14(21)17-15(22)23-12/h2-7,20H,1H3,(H,17,21,22)/b12-6-. The predicted octanol–water partition coefficient (Wildman–Crippen LogP) is 2.24. The number of rotatable bonds is 2. The van der Waals surface area contributed by atoms with Crippen molar-refractivity contribution in [1.29, 1.82) is 0 Å². The van der Waals surface area contributed by atoms with Gasteiger partial charge in [0.05, 0.1) is 16.8 Å². The number of hydrogen-bond acceptors (Lipinski definition) is 6. The number of amides is 2. The Morgan fingerprint density at radius 3 is 2.70 bits per heavy atom. The molecule has 0 unspecified atom stereocenters. The molecule has 2 aromatic rings.